The average molecular weight is 582 g/mol. The van der Waals surface area contributed by atoms with Crippen LogP contribution in [0.15, 0.2) is 57.5 Å². The third-order valence-corrected chi connectivity index (χ3v) is 7.17. The second-order valence-corrected chi connectivity index (χ2v) is 9.79. The van der Waals surface area contributed by atoms with E-state index in [4.69, 9.17) is 29.4 Å². The summed E-state index contributed by atoms with van der Waals surface area (Å²) in [7, 11) is 2.99. The largest absolute Gasteiger partial charge is 0.493 e. The van der Waals surface area contributed by atoms with Crippen LogP contribution < -0.4 is 39.6 Å². The number of fused-ring (bicyclic) bond motifs is 1. The van der Waals surface area contributed by atoms with Gasteiger partial charge in [-0.25, -0.2) is 9.79 Å². The van der Waals surface area contributed by atoms with Crippen LogP contribution in [-0.4, -0.2) is 50.5 Å². The van der Waals surface area contributed by atoms with Gasteiger partial charge < -0.3 is 29.4 Å². The quantitative estimate of drug-likeness (QED) is 0.340. The molecular weight excluding hydrogens is 550 g/mol. The number of allylic oxidation sites excluding steroid dienone is 1. The third-order valence-electron chi connectivity index (χ3n) is 6.18. The fourth-order valence-electron chi connectivity index (χ4n) is 4.49. The van der Waals surface area contributed by atoms with Crippen molar-refractivity contribution in [2.24, 2.45) is 10.7 Å². The lowest BCUT2D eigenvalue weighted by Crippen LogP contribution is -2.40. The number of primary amides is 1. The third kappa shape index (κ3) is 5.97. The number of hydrogen-bond donors (Lipinski definition) is 1. The zero-order chi connectivity index (χ0) is 29.7. The van der Waals surface area contributed by atoms with E-state index in [0.29, 0.717) is 55.8 Å². The molecule has 0 radical (unpaired) electrons. The number of thiazole rings is 1. The highest BCUT2D eigenvalue weighted by molar-refractivity contribution is 7.07. The summed E-state index contributed by atoms with van der Waals surface area (Å²) in [5.74, 6) is 0.396. The van der Waals surface area contributed by atoms with Crippen LogP contribution in [0.5, 0.6) is 23.0 Å². The molecule has 1 aromatic heterocycles. The maximum absolute atomic E-state index is 14.0. The molecule has 2 aromatic carbocycles. The number of aromatic nitrogens is 1. The summed E-state index contributed by atoms with van der Waals surface area (Å²) in [6.45, 7) is 5.47. The normalized spacial score (nSPS) is 14.7. The van der Waals surface area contributed by atoms with E-state index < -0.39 is 17.9 Å². The first-order valence-corrected chi connectivity index (χ1v) is 13.6. The Morgan fingerprint density at radius 2 is 1.80 bits per heavy atom. The van der Waals surface area contributed by atoms with Crippen molar-refractivity contribution in [3.63, 3.8) is 0 Å². The van der Waals surface area contributed by atoms with E-state index in [0.717, 1.165) is 0 Å². The number of para-hydroxylation sites is 1. The molecular formula is C29H31N3O8S. The Morgan fingerprint density at radius 1 is 1.05 bits per heavy atom. The molecule has 1 unspecified atom stereocenters. The van der Waals surface area contributed by atoms with E-state index in [1.54, 1.807) is 56.3 Å². The van der Waals surface area contributed by atoms with Crippen molar-refractivity contribution in [3.8, 4) is 23.0 Å². The molecule has 3 aromatic rings. The number of amides is 1. The number of methoxy groups -OCH3 is 2. The van der Waals surface area contributed by atoms with Crippen molar-refractivity contribution in [2.75, 3.05) is 34.0 Å². The number of ether oxygens (including phenoxy) is 5. The van der Waals surface area contributed by atoms with E-state index in [1.807, 2.05) is 6.92 Å². The number of nitrogens with two attached hydrogens (primary N) is 1. The van der Waals surface area contributed by atoms with Crippen molar-refractivity contribution < 1.29 is 33.3 Å². The molecule has 1 atom stereocenters. The number of carbonyl (C=O) groups excluding carboxylic acids is 2. The molecule has 0 bridgehead atoms. The topological polar surface area (TPSA) is 141 Å². The van der Waals surface area contributed by atoms with E-state index in [1.165, 1.54) is 30.1 Å². The maximum Gasteiger partial charge on any atom is 0.338 e. The standard InChI is InChI=1S/C29H31N3O8S/c1-6-38-26-18(9-8-10-20(26)36-4)25-24(28(35)39-7-2)16(3)31-29-32(25)27(34)22(41-29)14-17-11-12-19(21(13-17)37-5)40-15-23(30)33/h8-14,25H,6-7,15H2,1-5H3,(H2,30,33)/b22-14-. The number of rotatable bonds is 11. The predicted octanol–water partition coefficient (Wildman–Crippen LogP) is 2.08. The van der Waals surface area contributed by atoms with Crippen molar-refractivity contribution in [1.29, 1.82) is 0 Å². The SMILES string of the molecule is CCOC(=O)C1=C(C)N=c2s/c(=C\c3ccc(OCC(N)=O)c(OC)c3)c(=O)n2C1c1cccc(OC)c1OCC. The van der Waals surface area contributed by atoms with Gasteiger partial charge in [0.05, 0.1) is 43.2 Å². The molecule has 0 saturated heterocycles. The summed E-state index contributed by atoms with van der Waals surface area (Å²) >= 11 is 1.18. The van der Waals surface area contributed by atoms with Crippen LogP contribution in [-0.2, 0) is 14.3 Å². The minimum atomic E-state index is -0.872. The Hall–Kier alpha value is -4.58. The molecule has 4 rings (SSSR count). The summed E-state index contributed by atoms with van der Waals surface area (Å²) in [5.41, 5.74) is 6.70. The van der Waals surface area contributed by atoms with E-state index >= 15 is 0 Å². The first kappa shape index (κ1) is 29.4. The Morgan fingerprint density at radius 3 is 2.46 bits per heavy atom. The second kappa shape index (κ2) is 12.7. The van der Waals surface area contributed by atoms with E-state index in [9.17, 15) is 14.4 Å². The molecule has 11 nitrogen and oxygen atoms in total. The predicted molar refractivity (Wildman–Crippen MR) is 152 cm³/mol. The molecule has 0 saturated carbocycles. The molecule has 1 aliphatic rings. The molecule has 12 heteroatoms. The molecule has 1 aliphatic heterocycles. The molecule has 0 fully saturated rings. The Kier molecular flexibility index (Phi) is 9.13. The van der Waals surface area contributed by atoms with Gasteiger partial charge >= 0.3 is 5.97 Å². The highest BCUT2D eigenvalue weighted by Gasteiger charge is 2.36. The smallest absolute Gasteiger partial charge is 0.338 e. The molecule has 2 heterocycles. The van der Waals surface area contributed by atoms with E-state index in [-0.39, 0.29) is 24.3 Å². The van der Waals surface area contributed by atoms with Gasteiger partial charge in [-0.2, -0.15) is 0 Å². The summed E-state index contributed by atoms with van der Waals surface area (Å²) in [6, 6.07) is 9.48. The van der Waals surface area contributed by atoms with Crippen LogP contribution in [0.3, 0.4) is 0 Å². The van der Waals surface area contributed by atoms with Gasteiger partial charge in [-0.3, -0.25) is 14.2 Å². The minimum absolute atomic E-state index is 0.157. The highest BCUT2D eigenvalue weighted by atomic mass is 32.1. The van der Waals surface area contributed by atoms with Gasteiger partial charge in [-0.1, -0.05) is 29.5 Å². The van der Waals surface area contributed by atoms with Crippen LogP contribution in [0.25, 0.3) is 6.08 Å². The van der Waals surface area contributed by atoms with Gasteiger partial charge in [0.1, 0.15) is 6.04 Å². The number of nitrogens with zero attached hydrogens (tertiary/aromatic N) is 2. The van der Waals surface area contributed by atoms with Gasteiger partial charge in [0, 0.05) is 5.56 Å². The van der Waals surface area contributed by atoms with E-state index in [2.05, 4.69) is 4.99 Å². The van der Waals surface area contributed by atoms with Crippen molar-refractivity contribution in [2.45, 2.75) is 26.8 Å². The Labute approximate surface area is 240 Å². The highest BCUT2D eigenvalue weighted by Crippen LogP contribution is 2.40. The van der Waals surface area contributed by atoms with Crippen LogP contribution in [0.1, 0.15) is 37.9 Å². The molecule has 41 heavy (non-hydrogen) atoms. The number of esters is 1. The van der Waals surface area contributed by atoms with Crippen LogP contribution in [0, 0.1) is 0 Å². The first-order chi connectivity index (χ1) is 19.7. The molecule has 0 aliphatic carbocycles. The summed E-state index contributed by atoms with van der Waals surface area (Å²) in [5, 5.41) is 0. The lowest BCUT2D eigenvalue weighted by atomic mass is 9.94. The zero-order valence-corrected chi connectivity index (χ0v) is 24.2. The molecule has 216 valence electrons. The molecule has 2 N–H and O–H groups in total. The summed E-state index contributed by atoms with van der Waals surface area (Å²) in [4.78, 5) is 43.4. The number of benzene rings is 2. The van der Waals surface area contributed by atoms with Crippen LogP contribution >= 0.6 is 11.3 Å². The van der Waals surface area contributed by atoms with Gasteiger partial charge in [0.2, 0.25) is 0 Å². The minimum Gasteiger partial charge on any atom is -0.493 e. The van der Waals surface area contributed by atoms with Gasteiger partial charge in [-0.05, 0) is 50.6 Å². The van der Waals surface area contributed by atoms with Crippen LogP contribution in [0.2, 0.25) is 0 Å². The summed E-state index contributed by atoms with van der Waals surface area (Å²) < 4.78 is 29.5. The Balaban J connectivity index is 1.92. The van der Waals surface area contributed by atoms with Crippen LogP contribution in [0.4, 0.5) is 0 Å². The fraction of sp³-hybridized carbons (Fsp3) is 0.310. The fourth-order valence-corrected chi connectivity index (χ4v) is 5.53. The second-order valence-electron chi connectivity index (χ2n) is 8.78. The lowest BCUT2D eigenvalue weighted by molar-refractivity contribution is -0.139. The zero-order valence-electron chi connectivity index (χ0n) is 23.4. The molecule has 0 spiro atoms. The number of carbonyl (C=O) groups is 2. The van der Waals surface area contributed by atoms with Crippen molar-refractivity contribution in [1.82, 2.24) is 4.57 Å². The lowest BCUT2D eigenvalue weighted by Gasteiger charge is -2.26. The Bertz CT molecular complexity index is 1690. The van der Waals surface area contributed by atoms with Gasteiger partial charge in [-0.15, -0.1) is 0 Å². The van der Waals surface area contributed by atoms with Gasteiger partial charge in [0.25, 0.3) is 11.5 Å². The van der Waals surface area contributed by atoms with Crippen molar-refractivity contribution in [3.05, 3.63) is 78.5 Å². The first-order valence-electron chi connectivity index (χ1n) is 12.8. The van der Waals surface area contributed by atoms with Crippen molar-refractivity contribution >= 4 is 29.3 Å². The van der Waals surface area contributed by atoms with Gasteiger partial charge in [0.15, 0.2) is 34.4 Å². The number of hydrogen-bond acceptors (Lipinski definition) is 10. The summed E-state index contributed by atoms with van der Waals surface area (Å²) in [6.07, 6.45) is 1.69. The molecule has 1 amide bonds. The average Bonchev–Trinajstić information content (AvgIpc) is 3.25. The maximum atomic E-state index is 14.0. The monoisotopic (exact) mass is 581 g/mol.